The molecule has 0 saturated carbocycles. The standard InChI is InChI=1S/C10H4ClF4N3O/c11-5-1-2-6(12)8(3-5)18-4-7(16-17-18)9(19)10(13,14)15/h1-4H. The molecule has 19 heavy (non-hydrogen) atoms. The molecule has 0 aliphatic carbocycles. The maximum absolute atomic E-state index is 13.4. The maximum Gasteiger partial charge on any atom is 0.456 e. The first kappa shape index (κ1) is 13.5. The molecule has 0 atom stereocenters. The lowest BCUT2D eigenvalue weighted by atomic mass is 10.3. The van der Waals surface area contributed by atoms with E-state index in [0.717, 1.165) is 12.1 Å². The molecule has 0 spiro atoms. The second-order valence-corrected chi connectivity index (χ2v) is 3.91. The normalized spacial score (nSPS) is 11.6. The van der Waals surface area contributed by atoms with Crippen LogP contribution in [-0.4, -0.2) is 27.0 Å². The van der Waals surface area contributed by atoms with Crippen LogP contribution in [0.2, 0.25) is 5.02 Å². The summed E-state index contributed by atoms with van der Waals surface area (Å²) in [6.45, 7) is 0. The summed E-state index contributed by atoms with van der Waals surface area (Å²) in [5.74, 6) is -2.92. The number of benzene rings is 1. The van der Waals surface area contributed by atoms with Crippen molar-refractivity contribution >= 4 is 17.4 Å². The molecular weight excluding hydrogens is 290 g/mol. The van der Waals surface area contributed by atoms with Crippen molar-refractivity contribution in [2.24, 2.45) is 0 Å². The molecule has 0 fully saturated rings. The minimum Gasteiger partial charge on any atom is -0.282 e. The Kier molecular flexibility index (Phi) is 3.27. The molecule has 1 heterocycles. The number of hydrogen-bond donors (Lipinski definition) is 0. The summed E-state index contributed by atoms with van der Waals surface area (Å²) < 4.78 is 50.7. The van der Waals surface area contributed by atoms with Gasteiger partial charge in [-0.05, 0) is 18.2 Å². The average molecular weight is 294 g/mol. The number of hydrogen-bond acceptors (Lipinski definition) is 3. The molecule has 0 unspecified atom stereocenters. The van der Waals surface area contributed by atoms with E-state index in [4.69, 9.17) is 11.6 Å². The third-order valence-electron chi connectivity index (χ3n) is 2.14. The Hall–Kier alpha value is -1.96. The monoisotopic (exact) mass is 293 g/mol. The Morgan fingerprint density at radius 3 is 2.63 bits per heavy atom. The van der Waals surface area contributed by atoms with E-state index < -0.39 is 23.5 Å². The van der Waals surface area contributed by atoms with Gasteiger partial charge in [-0.15, -0.1) is 5.10 Å². The van der Waals surface area contributed by atoms with Gasteiger partial charge in [0.05, 0.1) is 6.20 Å². The minimum atomic E-state index is -5.06. The van der Waals surface area contributed by atoms with E-state index in [9.17, 15) is 22.4 Å². The fourth-order valence-corrected chi connectivity index (χ4v) is 1.46. The highest BCUT2D eigenvalue weighted by molar-refractivity contribution is 6.30. The average Bonchev–Trinajstić information content (AvgIpc) is 2.79. The number of ketones is 1. The van der Waals surface area contributed by atoms with Crippen molar-refractivity contribution in [2.75, 3.05) is 0 Å². The molecular formula is C10H4ClF4N3O. The number of Topliss-reactive ketones (excluding diaryl/α,β-unsaturated/α-hetero) is 1. The van der Waals surface area contributed by atoms with E-state index in [-0.39, 0.29) is 10.7 Å². The number of nitrogens with zero attached hydrogens (tertiary/aromatic N) is 3. The van der Waals surface area contributed by atoms with E-state index in [2.05, 4.69) is 10.3 Å². The van der Waals surface area contributed by atoms with Gasteiger partial charge in [0.15, 0.2) is 5.69 Å². The smallest absolute Gasteiger partial charge is 0.282 e. The van der Waals surface area contributed by atoms with E-state index in [1.807, 2.05) is 0 Å². The largest absolute Gasteiger partial charge is 0.456 e. The highest BCUT2D eigenvalue weighted by Crippen LogP contribution is 2.22. The molecule has 0 N–H and O–H groups in total. The van der Waals surface area contributed by atoms with Crippen molar-refractivity contribution in [2.45, 2.75) is 6.18 Å². The molecule has 100 valence electrons. The van der Waals surface area contributed by atoms with Gasteiger partial charge in [0.1, 0.15) is 11.5 Å². The zero-order valence-corrected chi connectivity index (χ0v) is 9.71. The maximum atomic E-state index is 13.4. The Labute approximate surface area is 108 Å². The highest BCUT2D eigenvalue weighted by Gasteiger charge is 2.41. The number of carbonyl (C=O) groups is 1. The summed E-state index contributed by atoms with van der Waals surface area (Å²) in [5.41, 5.74) is -1.13. The molecule has 1 aromatic heterocycles. The summed E-state index contributed by atoms with van der Waals surface area (Å²) in [4.78, 5) is 10.9. The van der Waals surface area contributed by atoms with Crippen molar-refractivity contribution in [3.05, 3.63) is 40.9 Å². The van der Waals surface area contributed by atoms with Gasteiger partial charge < -0.3 is 0 Å². The molecule has 0 aliphatic rings. The molecule has 4 nitrogen and oxygen atoms in total. The predicted molar refractivity (Wildman–Crippen MR) is 56.7 cm³/mol. The molecule has 9 heteroatoms. The van der Waals surface area contributed by atoms with Crippen LogP contribution in [0.25, 0.3) is 5.69 Å². The van der Waals surface area contributed by atoms with E-state index in [1.54, 1.807) is 0 Å². The molecule has 0 saturated heterocycles. The van der Waals surface area contributed by atoms with Crippen molar-refractivity contribution in [3.8, 4) is 5.69 Å². The van der Waals surface area contributed by atoms with Crippen LogP contribution in [0, 0.1) is 5.82 Å². The van der Waals surface area contributed by atoms with Crippen LogP contribution in [0.3, 0.4) is 0 Å². The zero-order valence-electron chi connectivity index (χ0n) is 8.95. The number of alkyl halides is 3. The summed E-state index contributed by atoms with van der Waals surface area (Å²) in [5, 5.41) is 6.50. The van der Waals surface area contributed by atoms with Crippen LogP contribution < -0.4 is 0 Å². The molecule has 2 rings (SSSR count). The third kappa shape index (κ3) is 2.73. The summed E-state index contributed by atoms with van der Waals surface area (Å²) in [6, 6.07) is 3.43. The van der Waals surface area contributed by atoms with Gasteiger partial charge in [-0.3, -0.25) is 4.79 Å². The van der Waals surface area contributed by atoms with Crippen LogP contribution in [0.4, 0.5) is 17.6 Å². The van der Waals surface area contributed by atoms with Crippen LogP contribution in [0.5, 0.6) is 0 Å². The van der Waals surface area contributed by atoms with Crippen LogP contribution in [-0.2, 0) is 0 Å². The fourth-order valence-electron chi connectivity index (χ4n) is 1.29. The lowest BCUT2D eigenvalue weighted by molar-refractivity contribution is -0.0888. The number of aromatic nitrogens is 3. The van der Waals surface area contributed by atoms with Gasteiger partial charge in [-0.2, -0.15) is 13.2 Å². The third-order valence-corrected chi connectivity index (χ3v) is 2.37. The summed E-state index contributed by atoms with van der Waals surface area (Å²) >= 11 is 5.63. The predicted octanol–water partition coefficient (Wildman–Crippen LogP) is 2.80. The van der Waals surface area contributed by atoms with Crippen molar-refractivity contribution in [3.63, 3.8) is 0 Å². The van der Waals surface area contributed by atoms with Crippen LogP contribution in [0.1, 0.15) is 10.5 Å². The number of halogens is 5. The Bertz CT molecular complexity index is 638. The second-order valence-electron chi connectivity index (χ2n) is 3.47. The molecule has 0 aliphatic heterocycles. The van der Waals surface area contributed by atoms with Gasteiger partial charge in [-0.25, -0.2) is 9.07 Å². The lowest BCUT2D eigenvalue weighted by Gasteiger charge is -2.02. The first-order chi connectivity index (χ1) is 8.79. The van der Waals surface area contributed by atoms with Crippen molar-refractivity contribution < 1.29 is 22.4 Å². The highest BCUT2D eigenvalue weighted by atomic mass is 35.5. The van der Waals surface area contributed by atoms with Gasteiger partial charge in [0.2, 0.25) is 0 Å². The van der Waals surface area contributed by atoms with Crippen LogP contribution >= 0.6 is 11.6 Å². The number of rotatable bonds is 2. The minimum absolute atomic E-state index is 0.163. The van der Waals surface area contributed by atoms with E-state index >= 15 is 0 Å². The van der Waals surface area contributed by atoms with Gasteiger partial charge in [0, 0.05) is 5.02 Å². The SMILES string of the molecule is O=C(c1cn(-c2cc(Cl)ccc2F)nn1)C(F)(F)F. The molecule has 0 amide bonds. The fraction of sp³-hybridized carbons (Fsp3) is 0.100. The first-order valence-corrected chi connectivity index (χ1v) is 5.16. The van der Waals surface area contributed by atoms with Gasteiger partial charge >= 0.3 is 6.18 Å². The Morgan fingerprint density at radius 1 is 1.32 bits per heavy atom. The van der Waals surface area contributed by atoms with Crippen LogP contribution in [0.15, 0.2) is 24.4 Å². The van der Waals surface area contributed by atoms with Crippen molar-refractivity contribution in [1.29, 1.82) is 0 Å². The quantitative estimate of drug-likeness (QED) is 0.632. The Morgan fingerprint density at radius 2 is 2.00 bits per heavy atom. The molecule has 1 aromatic carbocycles. The molecule has 2 aromatic rings. The number of carbonyl (C=O) groups excluding carboxylic acids is 1. The summed E-state index contributed by atoms with van der Waals surface area (Å²) in [7, 11) is 0. The zero-order chi connectivity index (χ0) is 14.2. The first-order valence-electron chi connectivity index (χ1n) is 4.78. The van der Waals surface area contributed by atoms with E-state index in [0.29, 0.717) is 10.9 Å². The topological polar surface area (TPSA) is 47.8 Å². The molecule has 0 radical (unpaired) electrons. The van der Waals surface area contributed by atoms with Crippen molar-refractivity contribution in [1.82, 2.24) is 15.0 Å². The van der Waals surface area contributed by atoms with Gasteiger partial charge in [0.25, 0.3) is 5.78 Å². The molecule has 0 bridgehead atoms. The van der Waals surface area contributed by atoms with Gasteiger partial charge in [-0.1, -0.05) is 16.8 Å². The lowest BCUT2D eigenvalue weighted by Crippen LogP contribution is -2.23. The Balaban J connectivity index is 2.42. The summed E-state index contributed by atoms with van der Waals surface area (Å²) in [6.07, 6.45) is -4.38. The van der Waals surface area contributed by atoms with E-state index in [1.165, 1.54) is 6.07 Å². The second kappa shape index (κ2) is 4.61.